The Hall–Kier alpha value is -6.64. The first-order valence-corrected chi connectivity index (χ1v) is 27.9. The van der Waals surface area contributed by atoms with Crippen molar-refractivity contribution >= 4 is 34.1 Å². The Morgan fingerprint density at radius 3 is 1.61 bits per heavy atom. The van der Waals surface area contributed by atoms with Gasteiger partial charge in [0.25, 0.3) is 0 Å². The van der Waals surface area contributed by atoms with E-state index in [0.29, 0.717) is 5.92 Å². The smallest absolute Gasteiger partial charge is 0.0496 e. The van der Waals surface area contributed by atoms with Gasteiger partial charge in [0.1, 0.15) is 0 Å². The summed E-state index contributed by atoms with van der Waals surface area (Å²) in [5.41, 5.74) is 24.1. The van der Waals surface area contributed by atoms with E-state index in [2.05, 4.69) is 206 Å². The van der Waals surface area contributed by atoms with Crippen molar-refractivity contribution in [2.75, 3.05) is 9.80 Å². The van der Waals surface area contributed by atoms with E-state index in [1.165, 1.54) is 166 Å². The Morgan fingerprint density at radius 1 is 0.417 bits per heavy atom. The van der Waals surface area contributed by atoms with Crippen LogP contribution in [0.3, 0.4) is 0 Å². The van der Waals surface area contributed by atoms with E-state index in [1.807, 2.05) is 0 Å². The van der Waals surface area contributed by atoms with Crippen LogP contribution in [0.4, 0.5) is 34.1 Å². The molecule has 2 nitrogen and oxygen atoms in total. The van der Waals surface area contributed by atoms with Gasteiger partial charge in [0.2, 0.25) is 0 Å². The molecule has 2 heteroatoms. The van der Waals surface area contributed by atoms with Gasteiger partial charge in [-0.1, -0.05) is 174 Å². The fourth-order valence-electron chi connectivity index (χ4n) is 14.3. The van der Waals surface area contributed by atoms with Crippen molar-refractivity contribution < 1.29 is 0 Å². The highest BCUT2D eigenvalue weighted by Gasteiger charge is 2.41. The summed E-state index contributed by atoms with van der Waals surface area (Å²) < 4.78 is 0. The zero-order chi connectivity index (χ0) is 48.2. The zero-order valence-electron chi connectivity index (χ0n) is 42.6. The van der Waals surface area contributed by atoms with Crippen molar-refractivity contribution in [3.05, 3.63) is 226 Å². The molecule has 360 valence electrons. The van der Waals surface area contributed by atoms with Crippen molar-refractivity contribution in [2.45, 2.75) is 127 Å². The maximum atomic E-state index is 2.64. The number of hydrogen-bond donors (Lipinski definition) is 0. The Kier molecular flexibility index (Phi) is 12.0. The molecule has 0 amide bonds. The zero-order valence-corrected chi connectivity index (χ0v) is 42.6. The molecule has 0 radical (unpaired) electrons. The number of aryl methyl sites for hydroxylation is 4. The molecule has 0 spiro atoms. The quantitative estimate of drug-likeness (QED) is 0.142. The topological polar surface area (TPSA) is 6.48 Å². The number of rotatable bonds is 9. The van der Waals surface area contributed by atoms with Gasteiger partial charge in [-0.05, 0) is 209 Å². The molecule has 0 N–H and O–H groups in total. The van der Waals surface area contributed by atoms with Gasteiger partial charge in [-0.15, -0.1) is 0 Å². The van der Waals surface area contributed by atoms with Crippen LogP contribution in [0.15, 0.2) is 182 Å². The summed E-state index contributed by atoms with van der Waals surface area (Å²) in [5, 5.41) is 0. The highest BCUT2D eigenvalue weighted by molar-refractivity contribution is 5.96. The van der Waals surface area contributed by atoms with E-state index in [9.17, 15) is 0 Å². The van der Waals surface area contributed by atoms with Crippen molar-refractivity contribution in [1.82, 2.24) is 0 Å². The number of anilines is 6. The summed E-state index contributed by atoms with van der Waals surface area (Å²) in [5.74, 6) is 3.19. The third-order valence-corrected chi connectivity index (χ3v) is 18.2. The van der Waals surface area contributed by atoms with E-state index in [4.69, 9.17) is 0 Å². The summed E-state index contributed by atoms with van der Waals surface area (Å²) in [6, 6.07) is 70.9. The van der Waals surface area contributed by atoms with Gasteiger partial charge in [0, 0.05) is 39.5 Å². The molecule has 0 aromatic heterocycles. The van der Waals surface area contributed by atoms with E-state index >= 15 is 0 Å². The molecule has 0 saturated heterocycles. The maximum Gasteiger partial charge on any atom is 0.0496 e. The average Bonchev–Trinajstić information content (AvgIpc) is 4.11. The summed E-state index contributed by atoms with van der Waals surface area (Å²) >= 11 is 0. The van der Waals surface area contributed by atoms with Crippen LogP contribution in [-0.4, -0.2) is 0 Å². The van der Waals surface area contributed by atoms with Crippen LogP contribution in [0.2, 0.25) is 0 Å². The van der Waals surface area contributed by atoms with Crippen LogP contribution in [0.25, 0.3) is 22.3 Å². The third-order valence-electron chi connectivity index (χ3n) is 18.2. The van der Waals surface area contributed by atoms with Gasteiger partial charge in [-0.2, -0.15) is 0 Å². The van der Waals surface area contributed by atoms with Crippen LogP contribution in [0.5, 0.6) is 0 Å². The van der Waals surface area contributed by atoms with Crippen LogP contribution in [0, 0.1) is 11.8 Å². The first-order chi connectivity index (χ1) is 35.4. The Labute approximate surface area is 429 Å². The minimum Gasteiger partial charge on any atom is -0.310 e. The first kappa shape index (κ1) is 45.2. The largest absolute Gasteiger partial charge is 0.310 e. The van der Waals surface area contributed by atoms with Crippen LogP contribution in [-0.2, 0) is 31.1 Å². The molecule has 8 aliphatic carbocycles. The molecule has 3 saturated carbocycles. The second-order valence-corrected chi connectivity index (χ2v) is 22.9. The number of benzene rings is 8. The monoisotopic (exact) mass is 939 g/mol. The van der Waals surface area contributed by atoms with Gasteiger partial charge < -0.3 is 9.80 Å². The Bertz CT molecular complexity index is 3210. The van der Waals surface area contributed by atoms with Crippen molar-refractivity contribution in [3.63, 3.8) is 0 Å². The lowest BCUT2D eigenvalue weighted by molar-refractivity contribution is 0.420. The maximum absolute atomic E-state index is 2.64. The normalized spacial score (nSPS) is 20.0. The van der Waals surface area contributed by atoms with Crippen LogP contribution < -0.4 is 9.80 Å². The molecule has 8 aromatic carbocycles. The molecule has 8 aromatic rings. The number of nitrogens with zero attached hydrogens (tertiary/aromatic N) is 2. The van der Waals surface area contributed by atoms with Gasteiger partial charge in [-0.25, -0.2) is 0 Å². The predicted octanol–water partition coefficient (Wildman–Crippen LogP) is 19.2. The summed E-state index contributed by atoms with van der Waals surface area (Å²) in [4.78, 5) is 5.19. The molecule has 6 bridgehead atoms. The SMILES string of the molecule is CC1(C)c2ccccc2-c2c(-c3ccccc3)cc(N(c3ccc(C4CCCCCCC4)cc3)c3cc4ccc3CCc3ccc(c(N(c5ccccc5)c5ccc(C6CC7CCC6C7)cc5)c3)CC4)cc21. The minimum atomic E-state index is -0.157. The molecule has 0 heterocycles. The molecule has 3 unspecified atom stereocenters. The highest BCUT2D eigenvalue weighted by atomic mass is 15.2. The summed E-state index contributed by atoms with van der Waals surface area (Å²) in [6.45, 7) is 4.86. The molecular weight excluding hydrogens is 869 g/mol. The van der Waals surface area contributed by atoms with Crippen LogP contribution >= 0.6 is 0 Å². The molecule has 16 rings (SSSR count). The van der Waals surface area contributed by atoms with Crippen molar-refractivity contribution in [2.24, 2.45) is 11.8 Å². The number of para-hydroxylation sites is 1. The van der Waals surface area contributed by atoms with Gasteiger partial charge in [-0.3, -0.25) is 0 Å². The second-order valence-electron chi connectivity index (χ2n) is 22.9. The Morgan fingerprint density at radius 2 is 0.986 bits per heavy atom. The Balaban J connectivity index is 0.912. The van der Waals surface area contributed by atoms with Crippen molar-refractivity contribution in [3.8, 4) is 22.3 Å². The lowest BCUT2D eigenvalue weighted by atomic mass is 9.81. The molecule has 72 heavy (non-hydrogen) atoms. The van der Waals surface area contributed by atoms with Gasteiger partial charge in [0.15, 0.2) is 0 Å². The third kappa shape index (κ3) is 8.39. The fraction of sp³-hybridized carbons (Fsp3) is 0.314. The van der Waals surface area contributed by atoms with Crippen molar-refractivity contribution in [1.29, 1.82) is 0 Å². The van der Waals surface area contributed by atoms with E-state index in [-0.39, 0.29) is 5.41 Å². The molecule has 0 aliphatic heterocycles. The fourth-order valence-corrected chi connectivity index (χ4v) is 14.3. The standard InChI is InChI=1S/C70H70N2/c1-70(2)65-23-15-14-22-62(65)69-64(53-18-10-6-11-19-53)46-61(47-66(69)70)72(60-38-34-52(35-39-60)51-16-8-4-3-5-9-17-51)68-45-49-25-30-55-29-24-48(26-31-56(68)32-27-49)44-67(55)71(58-20-12-7-13-21-58)59-40-36-54(37-41-59)63-43-50-28-33-57(63)42-50/h6-7,10-15,18-24,27,29,32,34-41,44-47,50-51,57,63H,3-5,8-9,16-17,25-26,28,30-31,33,42-43H2,1-2H3. The molecule has 3 atom stereocenters. The minimum absolute atomic E-state index is 0.157. The second kappa shape index (κ2) is 19.1. The summed E-state index contributed by atoms with van der Waals surface area (Å²) in [7, 11) is 0. The molecule has 3 fully saturated rings. The van der Waals surface area contributed by atoms with Gasteiger partial charge in [0.05, 0.1) is 0 Å². The highest BCUT2D eigenvalue weighted by Crippen LogP contribution is 2.56. The van der Waals surface area contributed by atoms with E-state index < -0.39 is 0 Å². The lowest BCUT2D eigenvalue weighted by Crippen LogP contribution is -2.18. The van der Waals surface area contributed by atoms with Gasteiger partial charge >= 0.3 is 0 Å². The average molecular weight is 939 g/mol. The predicted molar refractivity (Wildman–Crippen MR) is 303 cm³/mol. The van der Waals surface area contributed by atoms with E-state index in [0.717, 1.165) is 43.4 Å². The lowest BCUT2D eigenvalue weighted by Gasteiger charge is -2.32. The van der Waals surface area contributed by atoms with Crippen LogP contribution in [0.1, 0.15) is 141 Å². The summed E-state index contributed by atoms with van der Waals surface area (Å²) in [6.07, 6.45) is 18.8. The molecule has 8 aliphatic rings. The number of hydrogen-bond acceptors (Lipinski definition) is 2. The molecular formula is C70H70N2. The first-order valence-electron chi connectivity index (χ1n) is 27.9. The number of fused-ring (bicyclic) bond motifs is 5. The van der Waals surface area contributed by atoms with E-state index in [1.54, 1.807) is 5.56 Å².